The second kappa shape index (κ2) is 6.38. The lowest BCUT2D eigenvalue weighted by molar-refractivity contribution is 0.502. The average molecular weight is 379 g/mol. The molecule has 0 amide bonds. The Bertz CT molecular complexity index is 1140. The Morgan fingerprint density at radius 2 is 2.15 bits per heavy atom. The maximum absolute atomic E-state index is 6.14. The first-order chi connectivity index (χ1) is 13.1. The molecule has 138 valence electrons. The molecule has 0 bridgehead atoms. The smallest absolute Gasteiger partial charge is 0.162 e. The minimum atomic E-state index is 0.523. The molecule has 0 aliphatic heterocycles. The van der Waals surface area contributed by atoms with Crippen LogP contribution in [0.25, 0.3) is 22.1 Å². The third-order valence-corrected chi connectivity index (χ3v) is 6.12. The van der Waals surface area contributed by atoms with Gasteiger partial charge in [0.15, 0.2) is 5.65 Å². The van der Waals surface area contributed by atoms with Gasteiger partial charge in [-0.1, -0.05) is 30.7 Å². The van der Waals surface area contributed by atoms with E-state index in [0.29, 0.717) is 6.04 Å². The second-order valence-corrected chi connectivity index (χ2v) is 8.42. The molecular formula is C22H23ClN4. The van der Waals surface area contributed by atoms with Crippen LogP contribution in [-0.4, -0.2) is 19.5 Å². The molecule has 1 aliphatic carbocycles. The van der Waals surface area contributed by atoms with Crippen molar-refractivity contribution < 1.29 is 0 Å². The molecule has 1 N–H and O–H groups in total. The van der Waals surface area contributed by atoms with E-state index in [-0.39, 0.29) is 0 Å². The third kappa shape index (κ3) is 2.92. The van der Waals surface area contributed by atoms with Gasteiger partial charge < -0.3 is 9.55 Å². The predicted molar refractivity (Wildman–Crippen MR) is 110 cm³/mol. The number of benzene rings is 1. The Morgan fingerprint density at radius 3 is 2.93 bits per heavy atom. The summed E-state index contributed by atoms with van der Waals surface area (Å²) in [6.45, 7) is 4.43. The number of nitrogens with zero attached hydrogens (tertiary/aromatic N) is 3. The molecule has 4 aromatic rings. The SMILES string of the molecule is Cc1nc2c(ncn2[C@H]2CCC(C)C2)c2[nH]c(Cc3cccc(Cl)c3)cc12. The van der Waals surface area contributed by atoms with Gasteiger partial charge >= 0.3 is 0 Å². The summed E-state index contributed by atoms with van der Waals surface area (Å²) in [7, 11) is 0. The van der Waals surface area contributed by atoms with Crippen LogP contribution in [0.3, 0.4) is 0 Å². The number of hydrogen-bond acceptors (Lipinski definition) is 2. The number of pyridine rings is 1. The lowest BCUT2D eigenvalue weighted by atomic mass is 10.1. The van der Waals surface area contributed by atoms with Gasteiger partial charge in [-0.15, -0.1) is 0 Å². The Balaban J connectivity index is 1.59. The van der Waals surface area contributed by atoms with Gasteiger partial charge in [-0.3, -0.25) is 0 Å². The first-order valence-corrected chi connectivity index (χ1v) is 10.1. The van der Waals surface area contributed by atoms with Crippen molar-refractivity contribution in [2.75, 3.05) is 0 Å². The lowest BCUT2D eigenvalue weighted by Crippen LogP contribution is -2.05. The van der Waals surface area contributed by atoms with Crippen LogP contribution in [0.4, 0.5) is 0 Å². The Labute approximate surface area is 163 Å². The molecular weight excluding hydrogens is 356 g/mol. The number of halogens is 1. The molecule has 5 rings (SSSR count). The van der Waals surface area contributed by atoms with Crippen LogP contribution in [0.2, 0.25) is 5.02 Å². The number of H-pyrrole nitrogens is 1. The summed E-state index contributed by atoms with van der Waals surface area (Å²) in [6, 6.07) is 10.8. The van der Waals surface area contributed by atoms with E-state index in [1.165, 1.54) is 24.8 Å². The maximum atomic E-state index is 6.14. The van der Waals surface area contributed by atoms with Gasteiger partial charge in [0.2, 0.25) is 0 Å². The molecule has 3 aromatic heterocycles. The van der Waals surface area contributed by atoms with Crippen molar-refractivity contribution >= 4 is 33.7 Å². The maximum Gasteiger partial charge on any atom is 0.162 e. The molecule has 1 aliphatic rings. The van der Waals surface area contributed by atoms with Crippen molar-refractivity contribution in [2.24, 2.45) is 5.92 Å². The highest BCUT2D eigenvalue weighted by atomic mass is 35.5. The number of rotatable bonds is 3. The van der Waals surface area contributed by atoms with Crippen molar-refractivity contribution in [2.45, 2.75) is 45.6 Å². The van der Waals surface area contributed by atoms with Crippen LogP contribution in [0.1, 0.15) is 49.2 Å². The molecule has 0 saturated heterocycles. The molecule has 0 spiro atoms. The second-order valence-electron chi connectivity index (χ2n) is 7.98. The first-order valence-electron chi connectivity index (χ1n) is 9.67. The molecule has 3 heterocycles. The van der Waals surface area contributed by atoms with Crippen LogP contribution < -0.4 is 0 Å². The van der Waals surface area contributed by atoms with Crippen LogP contribution in [0.5, 0.6) is 0 Å². The van der Waals surface area contributed by atoms with E-state index in [9.17, 15) is 0 Å². The number of fused-ring (bicyclic) bond motifs is 3. The van der Waals surface area contributed by atoms with E-state index in [1.54, 1.807) is 0 Å². The summed E-state index contributed by atoms with van der Waals surface area (Å²) in [6.07, 6.45) is 6.52. The third-order valence-electron chi connectivity index (χ3n) is 5.89. The van der Waals surface area contributed by atoms with Crippen molar-refractivity contribution in [1.82, 2.24) is 19.5 Å². The topological polar surface area (TPSA) is 46.5 Å². The molecule has 1 unspecified atom stereocenters. The van der Waals surface area contributed by atoms with Crippen LogP contribution in [0.15, 0.2) is 36.7 Å². The van der Waals surface area contributed by atoms with Gasteiger partial charge in [-0.2, -0.15) is 0 Å². The highest BCUT2D eigenvalue weighted by Gasteiger charge is 2.25. The average Bonchev–Trinajstić information content (AvgIpc) is 3.33. The fraction of sp³-hybridized carbons (Fsp3) is 0.364. The number of imidazole rings is 1. The molecule has 27 heavy (non-hydrogen) atoms. The number of aryl methyl sites for hydroxylation is 1. The minimum absolute atomic E-state index is 0.523. The summed E-state index contributed by atoms with van der Waals surface area (Å²) in [5.41, 5.74) is 6.50. The fourth-order valence-corrected chi connectivity index (χ4v) is 4.72. The number of aromatic nitrogens is 4. The van der Waals surface area contributed by atoms with E-state index in [1.807, 2.05) is 24.5 Å². The van der Waals surface area contributed by atoms with Crippen molar-refractivity contribution in [3.63, 3.8) is 0 Å². The number of nitrogens with one attached hydrogen (secondary N) is 1. The normalized spacial score (nSPS) is 20.1. The monoisotopic (exact) mass is 378 g/mol. The lowest BCUT2D eigenvalue weighted by Gasteiger charge is -2.12. The van der Waals surface area contributed by atoms with Gasteiger partial charge in [0.1, 0.15) is 5.52 Å². The number of aromatic amines is 1. The Kier molecular flexibility index (Phi) is 3.97. The first kappa shape index (κ1) is 16.8. The molecule has 1 aromatic carbocycles. The zero-order valence-electron chi connectivity index (χ0n) is 15.7. The van der Waals surface area contributed by atoms with E-state index in [0.717, 1.165) is 50.8 Å². The van der Waals surface area contributed by atoms with Gasteiger partial charge in [-0.05, 0) is 55.9 Å². The molecule has 0 radical (unpaired) electrons. The summed E-state index contributed by atoms with van der Waals surface area (Å²) in [4.78, 5) is 13.3. The quantitative estimate of drug-likeness (QED) is 0.487. The number of hydrogen-bond donors (Lipinski definition) is 1. The van der Waals surface area contributed by atoms with Crippen molar-refractivity contribution in [3.8, 4) is 0 Å². The summed E-state index contributed by atoms with van der Waals surface area (Å²) < 4.78 is 2.29. The van der Waals surface area contributed by atoms with E-state index >= 15 is 0 Å². The van der Waals surface area contributed by atoms with Crippen LogP contribution >= 0.6 is 11.6 Å². The molecule has 4 nitrogen and oxygen atoms in total. The van der Waals surface area contributed by atoms with Crippen molar-refractivity contribution in [1.29, 1.82) is 0 Å². The van der Waals surface area contributed by atoms with E-state index in [4.69, 9.17) is 21.6 Å². The fourth-order valence-electron chi connectivity index (χ4n) is 4.50. The van der Waals surface area contributed by atoms with Gasteiger partial charge in [0, 0.05) is 34.3 Å². The largest absolute Gasteiger partial charge is 0.356 e. The van der Waals surface area contributed by atoms with Crippen LogP contribution in [-0.2, 0) is 6.42 Å². The molecule has 1 fully saturated rings. The zero-order valence-corrected chi connectivity index (χ0v) is 16.4. The zero-order chi connectivity index (χ0) is 18.5. The van der Waals surface area contributed by atoms with Crippen LogP contribution in [0, 0.1) is 12.8 Å². The van der Waals surface area contributed by atoms with E-state index < -0.39 is 0 Å². The highest BCUT2D eigenvalue weighted by Crippen LogP contribution is 2.37. The molecule has 1 saturated carbocycles. The summed E-state index contributed by atoms with van der Waals surface area (Å²) >= 11 is 6.14. The van der Waals surface area contributed by atoms with E-state index in [2.05, 4.69) is 35.5 Å². The highest BCUT2D eigenvalue weighted by molar-refractivity contribution is 6.30. The van der Waals surface area contributed by atoms with Gasteiger partial charge in [0.25, 0.3) is 0 Å². The predicted octanol–water partition coefficient (Wildman–Crippen LogP) is 5.83. The summed E-state index contributed by atoms with van der Waals surface area (Å²) in [5, 5.41) is 1.93. The summed E-state index contributed by atoms with van der Waals surface area (Å²) in [5.74, 6) is 0.784. The minimum Gasteiger partial charge on any atom is -0.356 e. The van der Waals surface area contributed by atoms with Gasteiger partial charge in [-0.25, -0.2) is 9.97 Å². The Hall–Kier alpha value is -2.33. The van der Waals surface area contributed by atoms with Crippen molar-refractivity contribution in [3.05, 3.63) is 58.6 Å². The Morgan fingerprint density at radius 1 is 1.26 bits per heavy atom. The van der Waals surface area contributed by atoms with Gasteiger partial charge in [0.05, 0.1) is 11.8 Å². The molecule has 2 atom stereocenters. The molecule has 5 heteroatoms. The standard InChI is InChI=1S/C22H23ClN4/c1-13-6-7-18(8-13)27-12-24-21-20-19(14(2)25-22(21)27)11-17(26-20)10-15-4-3-5-16(23)9-15/h3-5,9,11-13,18,26H,6-8,10H2,1-2H3/t13?,18-/m0/s1.